The van der Waals surface area contributed by atoms with Crippen molar-refractivity contribution >= 4 is 17.0 Å². The summed E-state index contributed by atoms with van der Waals surface area (Å²) in [6.45, 7) is 0.722. The number of fused-ring (bicyclic) bond motifs is 1. The Morgan fingerprint density at radius 3 is 2.96 bits per heavy atom. The molecule has 24 heavy (non-hydrogen) atoms. The lowest BCUT2D eigenvalue weighted by Crippen LogP contribution is -2.25. The van der Waals surface area contributed by atoms with E-state index in [0.717, 1.165) is 24.0 Å². The van der Waals surface area contributed by atoms with Crippen LogP contribution in [-0.4, -0.2) is 17.0 Å². The normalized spacial score (nSPS) is 14.6. The van der Waals surface area contributed by atoms with Crippen LogP contribution in [-0.2, 0) is 18.3 Å². The standard InChI is InChI=1S/C19H24N2O3/c1-21-16-13-15(7-9-17(16)24-19(21)23)8-10-18(22)20-12-11-14-5-3-2-4-6-14/h5,7,9,13H,2-4,6,8,10-12H2,1H3,(H,20,22). The number of amides is 1. The van der Waals surface area contributed by atoms with Crippen LogP contribution in [0.3, 0.4) is 0 Å². The quantitative estimate of drug-likeness (QED) is 0.829. The summed E-state index contributed by atoms with van der Waals surface area (Å²) in [7, 11) is 1.69. The van der Waals surface area contributed by atoms with Gasteiger partial charge in [-0.3, -0.25) is 9.36 Å². The first kappa shape index (κ1) is 16.6. The minimum atomic E-state index is -0.364. The summed E-state index contributed by atoms with van der Waals surface area (Å²) >= 11 is 0. The lowest BCUT2D eigenvalue weighted by molar-refractivity contribution is -0.121. The van der Waals surface area contributed by atoms with Crippen LogP contribution in [0.5, 0.6) is 0 Å². The fourth-order valence-electron chi connectivity index (χ4n) is 3.17. The molecular formula is C19H24N2O3. The first-order valence-electron chi connectivity index (χ1n) is 8.66. The molecule has 0 radical (unpaired) electrons. The van der Waals surface area contributed by atoms with Crippen molar-refractivity contribution in [2.45, 2.75) is 44.9 Å². The number of carbonyl (C=O) groups is 1. The fourth-order valence-corrected chi connectivity index (χ4v) is 3.17. The highest BCUT2D eigenvalue weighted by Gasteiger charge is 2.08. The number of hydrogen-bond acceptors (Lipinski definition) is 3. The monoisotopic (exact) mass is 328 g/mol. The minimum absolute atomic E-state index is 0.0765. The summed E-state index contributed by atoms with van der Waals surface area (Å²) in [6.07, 6.45) is 9.33. The van der Waals surface area contributed by atoms with Crippen LogP contribution in [0.2, 0.25) is 0 Å². The maximum atomic E-state index is 12.0. The number of benzene rings is 1. The third kappa shape index (κ3) is 3.96. The summed E-state index contributed by atoms with van der Waals surface area (Å²) in [5.41, 5.74) is 3.86. The van der Waals surface area contributed by atoms with Crippen molar-refractivity contribution in [3.8, 4) is 0 Å². The molecule has 0 unspecified atom stereocenters. The minimum Gasteiger partial charge on any atom is -0.408 e. The van der Waals surface area contributed by atoms with Gasteiger partial charge in [-0.25, -0.2) is 4.79 Å². The zero-order chi connectivity index (χ0) is 16.9. The molecular weight excluding hydrogens is 304 g/mol. The Balaban J connectivity index is 1.48. The highest BCUT2D eigenvalue weighted by atomic mass is 16.4. The van der Waals surface area contributed by atoms with Crippen LogP contribution in [0.15, 0.2) is 39.1 Å². The van der Waals surface area contributed by atoms with Crippen molar-refractivity contribution < 1.29 is 9.21 Å². The molecule has 0 saturated heterocycles. The number of allylic oxidation sites excluding steroid dienone is 1. The van der Waals surface area contributed by atoms with Crippen molar-refractivity contribution in [2.24, 2.45) is 7.05 Å². The van der Waals surface area contributed by atoms with Gasteiger partial charge in [0.25, 0.3) is 0 Å². The average molecular weight is 328 g/mol. The third-order valence-electron chi connectivity index (χ3n) is 4.65. The van der Waals surface area contributed by atoms with Crippen molar-refractivity contribution in [2.75, 3.05) is 6.54 Å². The van der Waals surface area contributed by atoms with Gasteiger partial charge in [-0.15, -0.1) is 0 Å². The predicted molar refractivity (Wildman–Crippen MR) is 94.0 cm³/mol. The van der Waals surface area contributed by atoms with Gasteiger partial charge in [0.05, 0.1) is 5.52 Å². The number of rotatable bonds is 6. The van der Waals surface area contributed by atoms with Crippen LogP contribution in [0.25, 0.3) is 11.1 Å². The van der Waals surface area contributed by atoms with E-state index >= 15 is 0 Å². The molecule has 1 aromatic carbocycles. The Hall–Kier alpha value is -2.30. The molecule has 5 nitrogen and oxygen atoms in total. The number of aryl methyl sites for hydroxylation is 2. The Labute approximate surface area is 141 Å². The number of nitrogens with zero attached hydrogens (tertiary/aromatic N) is 1. The van der Waals surface area contributed by atoms with Gasteiger partial charge in [0.1, 0.15) is 0 Å². The second-order valence-corrected chi connectivity index (χ2v) is 6.44. The molecule has 1 aliphatic rings. The Morgan fingerprint density at radius 2 is 2.17 bits per heavy atom. The van der Waals surface area contributed by atoms with E-state index in [2.05, 4.69) is 11.4 Å². The van der Waals surface area contributed by atoms with Crippen LogP contribution in [0.1, 0.15) is 44.1 Å². The molecule has 5 heteroatoms. The van der Waals surface area contributed by atoms with Crippen LogP contribution < -0.4 is 11.1 Å². The van der Waals surface area contributed by atoms with E-state index in [1.807, 2.05) is 12.1 Å². The largest absolute Gasteiger partial charge is 0.419 e. The van der Waals surface area contributed by atoms with Crippen LogP contribution >= 0.6 is 0 Å². The molecule has 0 atom stereocenters. The van der Waals surface area contributed by atoms with Crippen molar-refractivity contribution in [3.63, 3.8) is 0 Å². The molecule has 0 spiro atoms. The summed E-state index contributed by atoms with van der Waals surface area (Å²) in [5, 5.41) is 3.00. The SMILES string of the molecule is Cn1c(=O)oc2ccc(CCC(=O)NCCC3=CCCCC3)cc21. The van der Waals surface area contributed by atoms with E-state index in [4.69, 9.17) is 4.42 Å². The van der Waals surface area contributed by atoms with E-state index in [9.17, 15) is 9.59 Å². The first-order chi connectivity index (χ1) is 11.6. The number of aromatic nitrogens is 1. The van der Waals surface area contributed by atoms with E-state index in [0.29, 0.717) is 18.4 Å². The molecule has 1 aromatic heterocycles. The maximum Gasteiger partial charge on any atom is 0.419 e. The molecule has 128 valence electrons. The predicted octanol–water partition coefficient (Wildman–Crippen LogP) is 3.07. The van der Waals surface area contributed by atoms with Gasteiger partial charge in [-0.1, -0.05) is 17.7 Å². The van der Waals surface area contributed by atoms with Gasteiger partial charge in [-0.2, -0.15) is 0 Å². The zero-order valence-corrected chi connectivity index (χ0v) is 14.1. The van der Waals surface area contributed by atoms with Gasteiger partial charge < -0.3 is 9.73 Å². The van der Waals surface area contributed by atoms with E-state index in [1.54, 1.807) is 13.1 Å². The number of oxazole rings is 1. The van der Waals surface area contributed by atoms with Crippen molar-refractivity contribution in [1.29, 1.82) is 0 Å². The third-order valence-corrected chi connectivity index (χ3v) is 4.65. The van der Waals surface area contributed by atoms with Crippen LogP contribution in [0.4, 0.5) is 0 Å². The van der Waals surface area contributed by atoms with E-state index < -0.39 is 0 Å². The molecule has 1 heterocycles. The first-order valence-corrected chi connectivity index (χ1v) is 8.66. The smallest absolute Gasteiger partial charge is 0.408 e. The molecule has 1 aliphatic carbocycles. The molecule has 3 rings (SSSR count). The Kier molecular flexibility index (Phi) is 5.18. The molecule has 0 bridgehead atoms. The van der Waals surface area contributed by atoms with Gasteiger partial charge >= 0.3 is 5.76 Å². The summed E-state index contributed by atoms with van der Waals surface area (Å²) < 4.78 is 6.60. The van der Waals surface area contributed by atoms with Crippen LogP contribution in [0, 0.1) is 0 Å². The van der Waals surface area contributed by atoms with Crippen molar-refractivity contribution in [1.82, 2.24) is 9.88 Å². The topological polar surface area (TPSA) is 64.2 Å². The van der Waals surface area contributed by atoms with Gasteiger partial charge in [0.15, 0.2) is 5.58 Å². The highest BCUT2D eigenvalue weighted by molar-refractivity contribution is 5.77. The second kappa shape index (κ2) is 7.51. The van der Waals surface area contributed by atoms with E-state index in [1.165, 1.54) is 35.8 Å². The Morgan fingerprint density at radius 1 is 1.29 bits per heavy atom. The molecule has 1 N–H and O–H groups in total. The lowest BCUT2D eigenvalue weighted by Gasteiger charge is -2.13. The molecule has 0 aliphatic heterocycles. The highest BCUT2D eigenvalue weighted by Crippen LogP contribution is 2.19. The Bertz CT molecular complexity index is 814. The van der Waals surface area contributed by atoms with E-state index in [-0.39, 0.29) is 11.7 Å². The molecule has 1 amide bonds. The molecule has 2 aromatic rings. The number of hydrogen-bond donors (Lipinski definition) is 1. The lowest BCUT2D eigenvalue weighted by atomic mass is 9.97. The van der Waals surface area contributed by atoms with Crippen molar-refractivity contribution in [3.05, 3.63) is 46.0 Å². The summed E-state index contributed by atoms with van der Waals surface area (Å²) in [6, 6.07) is 5.62. The molecule has 0 fully saturated rings. The molecule has 0 saturated carbocycles. The zero-order valence-electron chi connectivity index (χ0n) is 14.1. The number of carbonyl (C=O) groups excluding carboxylic acids is 1. The second-order valence-electron chi connectivity index (χ2n) is 6.44. The van der Waals surface area contributed by atoms with Gasteiger partial charge in [-0.05, 0) is 56.2 Å². The number of nitrogens with one attached hydrogen (secondary N) is 1. The summed E-state index contributed by atoms with van der Waals surface area (Å²) in [5.74, 6) is -0.288. The fraction of sp³-hybridized carbons (Fsp3) is 0.474. The van der Waals surface area contributed by atoms with Gasteiger partial charge in [0.2, 0.25) is 5.91 Å². The maximum absolute atomic E-state index is 12.0. The average Bonchev–Trinajstić information content (AvgIpc) is 2.88. The van der Waals surface area contributed by atoms with Gasteiger partial charge in [0, 0.05) is 20.0 Å². The summed E-state index contributed by atoms with van der Waals surface area (Å²) in [4.78, 5) is 23.5.